The molecule has 0 fully saturated rings. The molecule has 6 nitrogen and oxygen atoms in total. The van der Waals surface area contributed by atoms with Crippen LogP contribution in [0.3, 0.4) is 0 Å². The summed E-state index contributed by atoms with van der Waals surface area (Å²) in [6.45, 7) is 4.96. The third-order valence-electron chi connectivity index (χ3n) is 4.03. The zero-order valence-corrected chi connectivity index (χ0v) is 17.8. The Balaban J connectivity index is 1.62. The number of hydrazone groups is 1. The largest absolute Gasteiger partial charge is 0.497 e. The van der Waals surface area contributed by atoms with Crippen LogP contribution < -0.4 is 19.6 Å². The van der Waals surface area contributed by atoms with Crippen LogP contribution in [0.4, 0.5) is 5.13 Å². The van der Waals surface area contributed by atoms with Crippen molar-refractivity contribution < 1.29 is 14.2 Å². The molecule has 0 amide bonds. The predicted octanol–water partition coefficient (Wildman–Crippen LogP) is 5.31. The number of hydrogen-bond donors (Lipinski definition) is 1. The summed E-state index contributed by atoms with van der Waals surface area (Å²) in [5.41, 5.74) is 5.67. The molecular formula is C22H25N3O3S. The molecule has 3 rings (SSSR count). The van der Waals surface area contributed by atoms with Gasteiger partial charge in [-0.05, 0) is 47.9 Å². The van der Waals surface area contributed by atoms with E-state index in [1.165, 1.54) is 11.3 Å². The van der Waals surface area contributed by atoms with Gasteiger partial charge in [0.15, 0.2) is 0 Å². The van der Waals surface area contributed by atoms with E-state index in [-0.39, 0.29) is 0 Å². The first kappa shape index (κ1) is 20.7. The normalized spacial score (nSPS) is 11.1. The highest BCUT2D eigenvalue weighted by atomic mass is 32.1. The van der Waals surface area contributed by atoms with Crippen molar-refractivity contribution in [2.45, 2.75) is 13.8 Å². The lowest BCUT2D eigenvalue weighted by Gasteiger charge is -2.08. The van der Waals surface area contributed by atoms with E-state index < -0.39 is 0 Å². The summed E-state index contributed by atoms with van der Waals surface area (Å²) >= 11 is 1.48. The number of rotatable bonds is 9. The van der Waals surface area contributed by atoms with E-state index in [4.69, 9.17) is 14.2 Å². The van der Waals surface area contributed by atoms with Crippen molar-refractivity contribution >= 4 is 22.7 Å². The van der Waals surface area contributed by atoms with E-state index in [0.29, 0.717) is 23.4 Å². The number of methoxy groups -OCH3 is 2. The molecule has 2 aromatic carbocycles. The molecule has 0 bridgehead atoms. The van der Waals surface area contributed by atoms with Gasteiger partial charge in [-0.3, -0.25) is 5.43 Å². The zero-order valence-electron chi connectivity index (χ0n) is 17.0. The molecule has 0 aliphatic rings. The Morgan fingerprint density at radius 3 is 2.52 bits per heavy atom. The highest BCUT2D eigenvalue weighted by Crippen LogP contribution is 2.34. The van der Waals surface area contributed by atoms with Gasteiger partial charge < -0.3 is 14.2 Å². The van der Waals surface area contributed by atoms with E-state index in [9.17, 15) is 0 Å². The second kappa shape index (κ2) is 9.93. The Labute approximate surface area is 175 Å². The van der Waals surface area contributed by atoms with Crippen LogP contribution in [-0.2, 0) is 0 Å². The first-order chi connectivity index (χ1) is 14.1. The minimum Gasteiger partial charge on any atom is -0.497 e. The fraction of sp³-hybridized carbons (Fsp3) is 0.273. The smallest absolute Gasteiger partial charge is 0.203 e. The maximum absolute atomic E-state index is 5.69. The lowest BCUT2D eigenvalue weighted by Crippen LogP contribution is -2.04. The fourth-order valence-corrected chi connectivity index (χ4v) is 3.19. The van der Waals surface area contributed by atoms with Crippen molar-refractivity contribution in [2.24, 2.45) is 11.0 Å². The molecule has 29 heavy (non-hydrogen) atoms. The topological polar surface area (TPSA) is 65.0 Å². The van der Waals surface area contributed by atoms with E-state index in [0.717, 1.165) is 28.3 Å². The van der Waals surface area contributed by atoms with Gasteiger partial charge in [0.1, 0.15) is 17.2 Å². The third-order valence-corrected chi connectivity index (χ3v) is 4.77. The monoisotopic (exact) mass is 411 g/mol. The van der Waals surface area contributed by atoms with Crippen molar-refractivity contribution in [3.05, 3.63) is 53.4 Å². The SMILES string of the molecule is COc1ccc(-c2csc(N/N=C\c3ccc(OCC(C)C)cc3)n2)c(OC)c1. The summed E-state index contributed by atoms with van der Waals surface area (Å²) in [5, 5.41) is 6.93. The van der Waals surface area contributed by atoms with E-state index in [2.05, 4.69) is 29.4 Å². The van der Waals surface area contributed by atoms with E-state index in [1.54, 1.807) is 20.4 Å². The number of thiazole rings is 1. The molecular weight excluding hydrogens is 386 g/mol. The van der Waals surface area contributed by atoms with E-state index in [1.807, 2.05) is 47.8 Å². The van der Waals surface area contributed by atoms with Gasteiger partial charge in [-0.25, -0.2) is 4.98 Å². The quantitative estimate of drug-likeness (QED) is 0.382. The van der Waals surface area contributed by atoms with Gasteiger partial charge in [0.05, 0.1) is 32.7 Å². The summed E-state index contributed by atoms with van der Waals surface area (Å²) < 4.78 is 16.4. The average molecular weight is 412 g/mol. The Morgan fingerprint density at radius 2 is 1.83 bits per heavy atom. The Kier molecular flexibility index (Phi) is 7.08. The summed E-state index contributed by atoms with van der Waals surface area (Å²) in [7, 11) is 3.26. The van der Waals surface area contributed by atoms with Gasteiger partial charge in [-0.2, -0.15) is 5.10 Å². The number of hydrogen-bond acceptors (Lipinski definition) is 7. The molecule has 0 saturated carbocycles. The van der Waals surface area contributed by atoms with Gasteiger partial charge in [0, 0.05) is 17.0 Å². The van der Waals surface area contributed by atoms with Gasteiger partial charge in [-0.15, -0.1) is 11.3 Å². The predicted molar refractivity (Wildman–Crippen MR) is 119 cm³/mol. The van der Waals surface area contributed by atoms with Gasteiger partial charge in [-0.1, -0.05) is 13.8 Å². The second-order valence-electron chi connectivity index (χ2n) is 6.75. The average Bonchev–Trinajstić information content (AvgIpc) is 3.21. The second-order valence-corrected chi connectivity index (χ2v) is 7.61. The summed E-state index contributed by atoms with van der Waals surface area (Å²) in [6.07, 6.45) is 1.75. The van der Waals surface area contributed by atoms with Crippen LogP contribution in [0.1, 0.15) is 19.4 Å². The van der Waals surface area contributed by atoms with Crippen molar-refractivity contribution in [3.8, 4) is 28.5 Å². The van der Waals surface area contributed by atoms with Crippen LogP contribution in [0.2, 0.25) is 0 Å². The summed E-state index contributed by atoms with van der Waals surface area (Å²) in [4.78, 5) is 4.58. The number of anilines is 1. The Morgan fingerprint density at radius 1 is 1.07 bits per heavy atom. The number of ether oxygens (including phenoxy) is 3. The van der Waals surface area contributed by atoms with Crippen LogP contribution >= 0.6 is 11.3 Å². The van der Waals surface area contributed by atoms with Gasteiger partial charge in [0.25, 0.3) is 0 Å². The van der Waals surface area contributed by atoms with Crippen molar-refractivity contribution in [2.75, 3.05) is 26.3 Å². The molecule has 1 heterocycles. The minimum atomic E-state index is 0.501. The van der Waals surface area contributed by atoms with Gasteiger partial charge in [0.2, 0.25) is 5.13 Å². The highest BCUT2D eigenvalue weighted by Gasteiger charge is 2.11. The van der Waals surface area contributed by atoms with Crippen molar-refractivity contribution in [1.82, 2.24) is 4.98 Å². The van der Waals surface area contributed by atoms with Crippen LogP contribution in [0.5, 0.6) is 17.2 Å². The van der Waals surface area contributed by atoms with Crippen LogP contribution in [0.25, 0.3) is 11.3 Å². The standard InChI is InChI=1S/C22H25N3O3S/c1-15(2)13-28-17-7-5-16(6-8-17)12-23-25-22-24-20(14-29-22)19-10-9-18(26-3)11-21(19)27-4/h5-12,14-15H,13H2,1-4H3,(H,24,25)/b23-12-. The molecule has 1 aromatic heterocycles. The minimum absolute atomic E-state index is 0.501. The number of nitrogens with zero attached hydrogens (tertiary/aromatic N) is 2. The maximum atomic E-state index is 5.69. The molecule has 3 aromatic rings. The Hall–Kier alpha value is -3.06. The van der Waals surface area contributed by atoms with E-state index >= 15 is 0 Å². The van der Waals surface area contributed by atoms with Gasteiger partial charge >= 0.3 is 0 Å². The molecule has 1 N–H and O–H groups in total. The van der Waals surface area contributed by atoms with Crippen LogP contribution in [-0.4, -0.2) is 32.0 Å². The zero-order chi connectivity index (χ0) is 20.6. The lowest BCUT2D eigenvalue weighted by atomic mass is 10.1. The molecule has 0 atom stereocenters. The molecule has 0 spiro atoms. The first-order valence-electron chi connectivity index (χ1n) is 9.29. The molecule has 7 heteroatoms. The highest BCUT2D eigenvalue weighted by molar-refractivity contribution is 7.14. The van der Waals surface area contributed by atoms with Crippen molar-refractivity contribution in [3.63, 3.8) is 0 Å². The first-order valence-corrected chi connectivity index (χ1v) is 10.2. The van der Waals surface area contributed by atoms with Crippen LogP contribution in [0.15, 0.2) is 52.9 Å². The molecule has 0 aliphatic carbocycles. The van der Waals surface area contributed by atoms with Crippen molar-refractivity contribution in [1.29, 1.82) is 0 Å². The molecule has 0 aliphatic heterocycles. The molecule has 0 unspecified atom stereocenters. The summed E-state index contributed by atoms with van der Waals surface area (Å²) in [6, 6.07) is 13.5. The Bertz CT molecular complexity index is 952. The number of nitrogens with one attached hydrogen (secondary N) is 1. The number of benzene rings is 2. The third kappa shape index (κ3) is 5.71. The molecule has 0 saturated heterocycles. The lowest BCUT2D eigenvalue weighted by molar-refractivity contribution is 0.271. The molecule has 152 valence electrons. The van der Waals surface area contributed by atoms with Crippen LogP contribution in [0, 0.1) is 5.92 Å². The maximum Gasteiger partial charge on any atom is 0.203 e. The fourth-order valence-electron chi connectivity index (χ4n) is 2.53. The number of aromatic nitrogens is 1. The molecule has 0 radical (unpaired) electrons. The summed E-state index contributed by atoms with van der Waals surface area (Å²) in [5.74, 6) is 2.82.